The molecular formula is C80H70N2O2. The SMILES string of the molecule is CC(C)c1cc(-c2c3ccccc3c(-c3ccccc3)c3ccccc23)c(C(C)C)cc1-c1nc2ccccc2o1.CCCCc1cc(-c2c3ccccc3c(-c3ccccc3)c3ccccc23)c(CCCC)cc1-c1nc2ccccc2o1. The topological polar surface area (TPSA) is 52.1 Å². The van der Waals surface area contributed by atoms with Crippen LogP contribution in [0, 0.1) is 0 Å². The molecule has 2 heterocycles. The molecule has 0 aliphatic carbocycles. The molecule has 0 N–H and O–H groups in total. The molecule has 4 nitrogen and oxygen atoms in total. The van der Waals surface area contributed by atoms with E-state index >= 15 is 0 Å². The van der Waals surface area contributed by atoms with Crippen molar-refractivity contribution in [3.8, 4) is 67.4 Å². The number of hydrogen-bond donors (Lipinski definition) is 0. The van der Waals surface area contributed by atoms with Gasteiger partial charge in [0.1, 0.15) is 11.0 Å². The van der Waals surface area contributed by atoms with E-state index in [4.69, 9.17) is 18.8 Å². The maximum atomic E-state index is 6.37. The fraction of sp³-hybridized carbons (Fsp3) is 0.175. The molecule has 14 rings (SSSR count). The van der Waals surface area contributed by atoms with Crippen molar-refractivity contribution in [2.45, 2.75) is 91.9 Å². The second-order valence-electron chi connectivity index (χ2n) is 23.1. The van der Waals surface area contributed by atoms with Crippen molar-refractivity contribution >= 4 is 65.3 Å². The molecule has 0 saturated carbocycles. The number of aromatic nitrogens is 2. The van der Waals surface area contributed by atoms with Crippen LogP contribution in [0.4, 0.5) is 0 Å². The number of unbranched alkanes of at least 4 members (excludes halogenated alkanes) is 2. The molecule has 0 spiro atoms. The van der Waals surface area contributed by atoms with Gasteiger partial charge in [-0.05, 0) is 190 Å². The lowest BCUT2D eigenvalue weighted by molar-refractivity contribution is 0.617. The van der Waals surface area contributed by atoms with Crippen LogP contribution in [0.25, 0.3) is 133 Å². The number of para-hydroxylation sites is 4. The third kappa shape index (κ3) is 10.0. The van der Waals surface area contributed by atoms with Crippen LogP contribution in [-0.2, 0) is 12.8 Å². The number of nitrogens with zero attached hydrogens (tertiary/aromatic N) is 2. The summed E-state index contributed by atoms with van der Waals surface area (Å²) >= 11 is 0. The summed E-state index contributed by atoms with van der Waals surface area (Å²) < 4.78 is 12.7. The van der Waals surface area contributed by atoms with Crippen molar-refractivity contribution in [2.75, 3.05) is 0 Å². The minimum absolute atomic E-state index is 0.293. The Morgan fingerprint density at radius 3 is 1.05 bits per heavy atom. The molecule has 0 unspecified atom stereocenters. The van der Waals surface area contributed by atoms with Crippen LogP contribution < -0.4 is 0 Å². The summed E-state index contributed by atoms with van der Waals surface area (Å²) in [5.41, 5.74) is 21.2. The third-order valence-corrected chi connectivity index (χ3v) is 17.0. The molecule has 14 aromatic rings. The highest BCUT2D eigenvalue weighted by Crippen LogP contribution is 2.49. The molecule has 84 heavy (non-hydrogen) atoms. The number of fused-ring (bicyclic) bond motifs is 6. The van der Waals surface area contributed by atoms with Crippen LogP contribution >= 0.6 is 0 Å². The molecule has 0 bridgehead atoms. The van der Waals surface area contributed by atoms with E-state index in [1.807, 2.05) is 48.5 Å². The van der Waals surface area contributed by atoms with Crippen LogP contribution in [0.1, 0.15) is 101 Å². The minimum atomic E-state index is 0.293. The van der Waals surface area contributed by atoms with Gasteiger partial charge >= 0.3 is 0 Å². The Kier molecular flexibility index (Phi) is 15.1. The van der Waals surface area contributed by atoms with Crippen LogP contribution in [-0.4, -0.2) is 9.97 Å². The average molecular weight is 1090 g/mol. The van der Waals surface area contributed by atoms with Gasteiger partial charge in [-0.25, -0.2) is 9.97 Å². The second kappa shape index (κ2) is 23.5. The zero-order valence-electron chi connectivity index (χ0n) is 49.0. The summed E-state index contributed by atoms with van der Waals surface area (Å²) in [6.45, 7) is 13.6. The number of aryl methyl sites for hydroxylation is 2. The maximum absolute atomic E-state index is 6.37. The molecule has 0 atom stereocenters. The number of hydrogen-bond acceptors (Lipinski definition) is 4. The van der Waals surface area contributed by atoms with Gasteiger partial charge in [0.2, 0.25) is 11.8 Å². The van der Waals surface area contributed by atoms with E-state index < -0.39 is 0 Å². The molecule has 4 heteroatoms. The first kappa shape index (κ1) is 53.9. The standard InChI is InChI=1S/C41H37NO.C39H33NO/c1-3-5-16-29-27-36(41-42-37-24-14-15-25-38(37)43-41)30(17-6-4-2)26-35(29)40-33-22-12-10-20-31(33)39(28-18-8-7-9-19-28)32-21-11-13-23-34(32)40;1-24(2)31-23-34(39-40-35-20-12-13-21-36(35)41-39)32(25(3)4)22-33(31)38-29-18-10-8-16-27(29)37(26-14-6-5-7-15-26)28-17-9-11-19-30(28)38/h7-15,18-27H,3-6,16-17H2,1-2H3;5-25H,1-4H3. The number of rotatable bonds is 14. The van der Waals surface area contributed by atoms with E-state index in [2.05, 4.69) is 224 Å². The van der Waals surface area contributed by atoms with E-state index in [9.17, 15) is 0 Å². The summed E-state index contributed by atoms with van der Waals surface area (Å²) in [6, 6.07) is 83.1. The van der Waals surface area contributed by atoms with Crippen molar-refractivity contribution in [1.29, 1.82) is 0 Å². The quantitative estimate of drug-likeness (QED) is 0.102. The van der Waals surface area contributed by atoms with E-state index in [0.29, 0.717) is 17.7 Å². The molecule has 0 saturated heterocycles. The molecule has 412 valence electrons. The molecule has 0 amide bonds. The first-order valence-electron chi connectivity index (χ1n) is 30.3. The molecule has 2 aromatic heterocycles. The van der Waals surface area contributed by atoms with E-state index in [1.165, 1.54) is 110 Å². The van der Waals surface area contributed by atoms with Gasteiger partial charge in [0.15, 0.2) is 11.2 Å². The first-order chi connectivity index (χ1) is 41.3. The van der Waals surface area contributed by atoms with Gasteiger partial charge in [0.25, 0.3) is 0 Å². The fourth-order valence-corrected chi connectivity index (χ4v) is 12.9. The van der Waals surface area contributed by atoms with Gasteiger partial charge in [0.05, 0.1) is 0 Å². The molecule has 0 fully saturated rings. The van der Waals surface area contributed by atoms with Gasteiger partial charge in [-0.15, -0.1) is 0 Å². The molecule has 0 radical (unpaired) electrons. The molecular weight excluding hydrogens is 1020 g/mol. The van der Waals surface area contributed by atoms with Gasteiger partial charge in [-0.1, -0.05) is 242 Å². The van der Waals surface area contributed by atoms with Gasteiger partial charge in [-0.2, -0.15) is 0 Å². The maximum Gasteiger partial charge on any atom is 0.227 e. The highest BCUT2D eigenvalue weighted by Gasteiger charge is 2.26. The van der Waals surface area contributed by atoms with Crippen molar-refractivity contribution < 1.29 is 8.83 Å². The summed E-state index contributed by atoms with van der Waals surface area (Å²) in [6.07, 6.45) is 6.53. The van der Waals surface area contributed by atoms with Crippen LogP contribution in [0.5, 0.6) is 0 Å². The van der Waals surface area contributed by atoms with E-state index in [0.717, 1.165) is 77.7 Å². The van der Waals surface area contributed by atoms with Crippen molar-refractivity contribution in [3.05, 3.63) is 253 Å². The lowest BCUT2D eigenvalue weighted by atomic mass is 9.80. The van der Waals surface area contributed by atoms with Crippen molar-refractivity contribution in [2.24, 2.45) is 0 Å². The largest absolute Gasteiger partial charge is 0.436 e. The lowest BCUT2D eigenvalue weighted by Crippen LogP contribution is -2.01. The normalized spacial score (nSPS) is 11.7. The Bertz CT molecular complexity index is 4520. The smallest absolute Gasteiger partial charge is 0.227 e. The van der Waals surface area contributed by atoms with Gasteiger partial charge in [-0.3, -0.25) is 0 Å². The van der Waals surface area contributed by atoms with Crippen molar-refractivity contribution in [1.82, 2.24) is 9.97 Å². The Morgan fingerprint density at radius 2 is 0.643 bits per heavy atom. The second-order valence-corrected chi connectivity index (χ2v) is 23.1. The van der Waals surface area contributed by atoms with E-state index in [1.54, 1.807) is 0 Å². The minimum Gasteiger partial charge on any atom is -0.436 e. The number of benzene rings is 12. The zero-order valence-corrected chi connectivity index (χ0v) is 49.0. The summed E-state index contributed by atoms with van der Waals surface area (Å²) in [5, 5.41) is 10.3. The third-order valence-electron chi connectivity index (χ3n) is 17.0. The summed E-state index contributed by atoms with van der Waals surface area (Å²) in [4.78, 5) is 9.86. The van der Waals surface area contributed by atoms with Crippen LogP contribution in [0.3, 0.4) is 0 Å². The Balaban J connectivity index is 0.000000157. The predicted octanol–water partition coefficient (Wildman–Crippen LogP) is 23.2. The van der Waals surface area contributed by atoms with Crippen LogP contribution in [0.15, 0.2) is 239 Å². The summed E-state index contributed by atoms with van der Waals surface area (Å²) in [5.74, 6) is 2.02. The zero-order chi connectivity index (χ0) is 57.3. The van der Waals surface area contributed by atoms with Gasteiger partial charge in [0, 0.05) is 11.1 Å². The summed E-state index contributed by atoms with van der Waals surface area (Å²) in [7, 11) is 0. The Morgan fingerprint density at radius 1 is 0.321 bits per heavy atom. The van der Waals surface area contributed by atoms with Crippen LogP contribution in [0.2, 0.25) is 0 Å². The Labute approximate surface area is 493 Å². The van der Waals surface area contributed by atoms with Gasteiger partial charge < -0.3 is 8.83 Å². The monoisotopic (exact) mass is 1090 g/mol. The Hall–Kier alpha value is -9.38. The highest BCUT2D eigenvalue weighted by atomic mass is 16.4. The van der Waals surface area contributed by atoms with Crippen molar-refractivity contribution in [3.63, 3.8) is 0 Å². The highest BCUT2D eigenvalue weighted by molar-refractivity contribution is 6.23. The molecule has 0 aliphatic heterocycles. The fourth-order valence-electron chi connectivity index (χ4n) is 12.9. The average Bonchev–Trinajstić information content (AvgIpc) is 1.30. The first-order valence-corrected chi connectivity index (χ1v) is 30.3. The number of oxazole rings is 2. The van der Waals surface area contributed by atoms with E-state index in [-0.39, 0.29) is 0 Å². The molecule has 0 aliphatic rings. The predicted molar refractivity (Wildman–Crippen MR) is 356 cm³/mol. The lowest BCUT2D eigenvalue weighted by Gasteiger charge is -2.23. The molecule has 12 aromatic carbocycles.